The van der Waals surface area contributed by atoms with E-state index >= 15 is 0 Å². The van der Waals surface area contributed by atoms with Crippen LogP contribution in [0.25, 0.3) is 10.2 Å². The van der Waals surface area contributed by atoms with Gasteiger partial charge in [0.05, 0.1) is 12.5 Å². The molecule has 0 saturated carbocycles. The normalized spacial score (nSPS) is 11.0. The highest BCUT2D eigenvalue weighted by atomic mass is 32.1. The number of carbonyl (C=O) groups is 1. The number of nitrogens with zero attached hydrogens (tertiary/aromatic N) is 2. The van der Waals surface area contributed by atoms with Crippen molar-refractivity contribution in [1.82, 2.24) is 9.55 Å². The first-order valence-electron chi connectivity index (χ1n) is 8.95. The van der Waals surface area contributed by atoms with Crippen molar-refractivity contribution >= 4 is 27.5 Å². The van der Waals surface area contributed by atoms with Gasteiger partial charge in [-0.25, -0.2) is 4.98 Å². The Morgan fingerprint density at radius 2 is 2.11 bits per heavy atom. The van der Waals surface area contributed by atoms with E-state index in [4.69, 9.17) is 15.5 Å². The minimum absolute atomic E-state index is 0.0645. The smallest absolute Gasteiger partial charge is 0.262 e. The Balaban J connectivity index is 2.07. The van der Waals surface area contributed by atoms with Crippen molar-refractivity contribution < 1.29 is 9.53 Å². The number of benzene rings is 1. The summed E-state index contributed by atoms with van der Waals surface area (Å²) < 4.78 is 7.11. The largest absolute Gasteiger partial charge is 0.496 e. The fourth-order valence-corrected chi connectivity index (χ4v) is 4.06. The maximum atomic E-state index is 13.1. The Morgan fingerprint density at radius 1 is 1.33 bits per heavy atom. The van der Waals surface area contributed by atoms with Crippen molar-refractivity contribution in [3.8, 4) is 5.75 Å². The molecule has 0 fully saturated rings. The molecular formula is C20H23N3O3S. The highest BCUT2D eigenvalue weighted by molar-refractivity contribution is 7.18. The van der Waals surface area contributed by atoms with E-state index in [9.17, 15) is 9.59 Å². The topological polar surface area (TPSA) is 87.2 Å². The van der Waals surface area contributed by atoms with Crippen molar-refractivity contribution in [2.24, 2.45) is 5.73 Å². The van der Waals surface area contributed by atoms with Crippen LogP contribution in [0.4, 0.5) is 0 Å². The van der Waals surface area contributed by atoms with E-state index in [1.54, 1.807) is 23.0 Å². The highest BCUT2D eigenvalue weighted by Crippen LogP contribution is 2.25. The summed E-state index contributed by atoms with van der Waals surface area (Å²) in [6.07, 6.45) is 2.09. The SMILES string of the molecule is CCc1cc2c(=O)n(CCCC(N)=O)c(Cc3ccccc3OC)nc2s1. The summed E-state index contributed by atoms with van der Waals surface area (Å²) in [6, 6.07) is 9.63. The lowest BCUT2D eigenvalue weighted by molar-refractivity contribution is -0.118. The molecule has 2 heterocycles. The number of methoxy groups -OCH3 is 1. The first-order chi connectivity index (χ1) is 13.0. The molecule has 0 aliphatic rings. The molecule has 7 heteroatoms. The van der Waals surface area contributed by atoms with E-state index in [0.29, 0.717) is 30.6 Å². The van der Waals surface area contributed by atoms with Gasteiger partial charge in [-0.1, -0.05) is 25.1 Å². The van der Waals surface area contributed by atoms with Gasteiger partial charge in [0.25, 0.3) is 5.56 Å². The Kier molecular flexibility index (Phi) is 5.91. The van der Waals surface area contributed by atoms with Gasteiger partial charge in [0.2, 0.25) is 5.91 Å². The third kappa shape index (κ3) is 4.19. The molecule has 3 aromatic rings. The molecule has 1 amide bonds. The van der Waals surface area contributed by atoms with E-state index in [1.807, 2.05) is 30.3 Å². The minimum Gasteiger partial charge on any atom is -0.496 e. The molecule has 0 atom stereocenters. The zero-order valence-electron chi connectivity index (χ0n) is 15.5. The molecule has 6 nitrogen and oxygen atoms in total. The lowest BCUT2D eigenvalue weighted by atomic mass is 10.1. The maximum absolute atomic E-state index is 13.1. The number of aryl methyl sites for hydroxylation is 1. The molecule has 0 unspecified atom stereocenters. The monoisotopic (exact) mass is 385 g/mol. The van der Waals surface area contributed by atoms with E-state index in [0.717, 1.165) is 27.4 Å². The molecular weight excluding hydrogens is 362 g/mol. The van der Waals surface area contributed by atoms with Crippen LogP contribution in [0.15, 0.2) is 35.1 Å². The van der Waals surface area contributed by atoms with Gasteiger partial charge >= 0.3 is 0 Å². The summed E-state index contributed by atoms with van der Waals surface area (Å²) in [5.41, 5.74) is 6.15. The first-order valence-corrected chi connectivity index (χ1v) is 9.77. The van der Waals surface area contributed by atoms with Crippen LogP contribution in [0, 0.1) is 0 Å². The van der Waals surface area contributed by atoms with Gasteiger partial charge in [0, 0.05) is 29.8 Å². The highest BCUT2D eigenvalue weighted by Gasteiger charge is 2.15. The number of thiophene rings is 1. The number of aromatic nitrogens is 2. The fourth-order valence-electron chi connectivity index (χ4n) is 3.08. The van der Waals surface area contributed by atoms with Crippen molar-refractivity contribution in [3.63, 3.8) is 0 Å². The van der Waals surface area contributed by atoms with Crippen molar-refractivity contribution in [3.05, 3.63) is 57.0 Å². The number of nitrogens with two attached hydrogens (primary N) is 1. The van der Waals surface area contributed by atoms with Crippen LogP contribution in [-0.4, -0.2) is 22.6 Å². The lowest BCUT2D eigenvalue weighted by Crippen LogP contribution is -2.26. The standard InChI is InChI=1S/C20H23N3O3S/c1-3-14-12-15-19(27-14)22-18(11-13-7-4-5-8-16(13)26-2)23(20(15)25)10-6-9-17(21)24/h4-5,7-8,12H,3,6,9-11H2,1-2H3,(H2,21,24). The summed E-state index contributed by atoms with van der Waals surface area (Å²) in [5.74, 6) is 1.06. The Labute approximate surface area is 161 Å². The van der Waals surface area contributed by atoms with E-state index in [1.165, 1.54) is 0 Å². The number of rotatable bonds is 8. The third-order valence-corrected chi connectivity index (χ3v) is 5.65. The molecule has 0 spiro atoms. The molecule has 0 saturated heterocycles. The number of hydrogen-bond donors (Lipinski definition) is 1. The van der Waals surface area contributed by atoms with Crippen LogP contribution in [-0.2, 0) is 24.2 Å². The summed E-state index contributed by atoms with van der Waals surface area (Å²) in [6.45, 7) is 2.47. The summed E-state index contributed by atoms with van der Waals surface area (Å²) in [4.78, 5) is 30.8. The van der Waals surface area contributed by atoms with E-state index in [2.05, 4.69) is 6.92 Å². The number of primary amides is 1. The second-order valence-corrected chi connectivity index (χ2v) is 7.44. The number of fused-ring (bicyclic) bond motifs is 1. The summed E-state index contributed by atoms with van der Waals surface area (Å²) in [7, 11) is 1.63. The Bertz CT molecular complexity index is 1020. The molecule has 2 N–H and O–H groups in total. The number of carbonyl (C=O) groups excluding carboxylic acids is 1. The van der Waals surface area contributed by atoms with Crippen molar-refractivity contribution in [2.45, 2.75) is 39.2 Å². The van der Waals surface area contributed by atoms with Gasteiger partial charge in [0.15, 0.2) is 0 Å². The van der Waals surface area contributed by atoms with Gasteiger partial charge < -0.3 is 10.5 Å². The van der Waals surface area contributed by atoms with Gasteiger partial charge in [-0.3, -0.25) is 14.2 Å². The number of para-hydroxylation sites is 1. The average molecular weight is 385 g/mol. The van der Waals surface area contributed by atoms with Gasteiger partial charge in [-0.05, 0) is 25.0 Å². The molecule has 2 aromatic heterocycles. The summed E-state index contributed by atoms with van der Waals surface area (Å²) in [5, 5.41) is 0.639. The van der Waals surface area contributed by atoms with Gasteiger partial charge in [-0.15, -0.1) is 11.3 Å². The van der Waals surface area contributed by atoms with Gasteiger partial charge in [0.1, 0.15) is 16.4 Å². The van der Waals surface area contributed by atoms with Crippen LogP contribution in [0.1, 0.15) is 36.0 Å². The Morgan fingerprint density at radius 3 is 2.81 bits per heavy atom. The number of hydrogen-bond acceptors (Lipinski definition) is 5. The Hall–Kier alpha value is -2.67. The summed E-state index contributed by atoms with van der Waals surface area (Å²) >= 11 is 1.55. The molecule has 3 rings (SSSR count). The predicted molar refractivity (Wildman–Crippen MR) is 107 cm³/mol. The average Bonchev–Trinajstić information content (AvgIpc) is 3.08. The third-order valence-electron chi connectivity index (χ3n) is 4.48. The number of amides is 1. The van der Waals surface area contributed by atoms with Crippen LogP contribution in [0.2, 0.25) is 0 Å². The molecule has 0 aliphatic heterocycles. The van der Waals surface area contributed by atoms with Crippen LogP contribution >= 0.6 is 11.3 Å². The zero-order valence-corrected chi connectivity index (χ0v) is 16.3. The first kappa shape index (κ1) is 19.1. The molecule has 1 aromatic carbocycles. The minimum atomic E-state index is -0.368. The molecule has 142 valence electrons. The fraction of sp³-hybridized carbons (Fsp3) is 0.350. The van der Waals surface area contributed by atoms with Gasteiger partial charge in [-0.2, -0.15) is 0 Å². The van der Waals surface area contributed by atoms with Crippen LogP contribution < -0.4 is 16.0 Å². The molecule has 27 heavy (non-hydrogen) atoms. The lowest BCUT2D eigenvalue weighted by Gasteiger charge is -2.14. The predicted octanol–water partition coefficient (Wildman–Crippen LogP) is 2.89. The molecule has 0 radical (unpaired) electrons. The van der Waals surface area contributed by atoms with Crippen LogP contribution in [0.5, 0.6) is 5.75 Å². The van der Waals surface area contributed by atoms with E-state index < -0.39 is 0 Å². The quantitative estimate of drug-likeness (QED) is 0.646. The van der Waals surface area contributed by atoms with Crippen molar-refractivity contribution in [1.29, 1.82) is 0 Å². The van der Waals surface area contributed by atoms with Crippen molar-refractivity contribution in [2.75, 3.05) is 7.11 Å². The second-order valence-electron chi connectivity index (χ2n) is 6.33. The molecule has 0 aliphatic carbocycles. The number of ether oxygens (including phenoxy) is 1. The van der Waals surface area contributed by atoms with E-state index in [-0.39, 0.29) is 17.9 Å². The maximum Gasteiger partial charge on any atom is 0.262 e. The van der Waals surface area contributed by atoms with Crippen LogP contribution in [0.3, 0.4) is 0 Å². The zero-order chi connectivity index (χ0) is 19.4. The molecule has 0 bridgehead atoms. The second kappa shape index (κ2) is 8.35.